The number of nitrogens with two attached hydrogens (primary N) is 1. The Hall–Kier alpha value is -3.84. The third-order valence-electron chi connectivity index (χ3n) is 7.92. The predicted molar refractivity (Wildman–Crippen MR) is 150 cm³/mol. The number of aromatic nitrogens is 3. The van der Waals surface area contributed by atoms with E-state index in [0.717, 1.165) is 18.4 Å². The zero-order chi connectivity index (χ0) is 26.8. The molecule has 0 aliphatic heterocycles. The first-order valence-corrected chi connectivity index (χ1v) is 13.3. The fourth-order valence-electron chi connectivity index (χ4n) is 5.67. The number of rotatable bonds is 7. The van der Waals surface area contributed by atoms with Gasteiger partial charge in [0.2, 0.25) is 0 Å². The molecule has 0 radical (unpaired) electrons. The SMILES string of the molecule is CC1(C)CCC(c2nc3cnccc3c(=O)n2Cc2ccccc2)(N(CCN)C(=O)c2ccccc2)CC1. The maximum Gasteiger partial charge on any atom is 0.261 e. The van der Waals surface area contributed by atoms with Gasteiger partial charge in [-0.25, -0.2) is 4.98 Å². The summed E-state index contributed by atoms with van der Waals surface area (Å²) in [6.07, 6.45) is 6.42. The van der Waals surface area contributed by atoms with Gasteiger partial charge in [-0.3, -0.25) is 19.1 Å². The number of hydrogen-bond donors (Lipinski definition) is 1. The summed E-state index contributed by atoms with van der Waals surface area (Å²) < 4.78 is 1.78. The van der Waals surface area contributed by atoms with Gasteiger partial charge in [-0.1, -0.05) is 62.4 Å². The quantitative estimate of drug-likeness (QED) is 0.389. The average Bonchev–Trinajstić information content (AvgIpc) is 2.94. The first kappa shape index (κ1) is 25.8. The molecule has 5 rings (SSSR count). The molecule has 0 unspecified atom stereocenters. The molecule has 2 aromatic carbocycles. The van der Waals surface area contributed by atoms with Crippen LogP contribution in [0.5, 0.6) is 0 Å². The number of fused-ring (bicyclic) bond motifs is 1. The number of carbonyl (C=O) groups is 1. The monoisotopic (exact) mass is 509 g/mol. The van der Waals surface area contributed by atoms with E-state index < -0.39 is 5.54 Å². The molecule has 2 aromatic heterocycles. The third-order valence-corrected chi connectivity index (χ3v) is 7.92. The van der Waals surface area contributed by atoms with Crippen LogP contribution in [0, 0.1) is 5.41 Å². The molecular weight excluding hydrogens is 474 g/mol. The van der Waals surface area contributed by atoms with Crippen LogP contribution in [-0.2, 0) is 12.1 Å². The van der Waals surface area contributed by atoms with Gasteiger partial charge in [0.05, 0.1) is 23.6 Å². The highest BCUT2D eigenvalue weighted by atomic mass is 16.2. The molecule has 38 heavy (non-hydrogen) atoms. The van der Waals surface area contributed by atoms with Crippen LogP contribution in [0.25, 0.3) is 10.9 Å². The average molecular weight is 510 g/mol. The number of hydrogen-bond acceptors (Lipinski definition) is 5. The maximum atomic E-state index is 14.1. The highest BCUT2D eigenvalue weighted by Crippen LogP contribution is 2.48. The zero-order valence-electron chi connectivity index (χ0n) is 22.1. The first-order valence-electron chi connectivity index (χ1n) is 13.3. The van der Waals surface area contributed by atoms with E-state index >= 15 is 0 Å². The van der Waals surface area contributed by atoms with E-state index in [0.29, 0.717) is 54.8 Å². The molecule has 1 saturated carbocycles. The lowest BCUT2D eigenvalue weighted by Crippen LogP contribution is -2.56. The summed E-state index contributed by atoms with van der Waals surface area (Å²) in [6.45, 7) is 5.56. The van der Waals surface area contributed by atoms with Crippen molar-refractivity contribution in [2.75, 3.05) is 13.1 Å². The Morgan fingerprint density at radius 3 is 2.29 bits per heavy atom. The van der Waals surface area contributed by atoms with E-state index in [9.17, 15) is 9.59 Å². The summed E-state index contributed by atoms with van der Waals surface area (Å²) in [7, 11) is 0. The Morgan fingerprint density at radius 2 is 1.63 bits per heavy atom. The van der Waals surface area contributed by atoms with Gasteiger partial charge in [0.15, 0.2) is 0 Å². The summed E-state index contributed by atoms with van der Waals surface area (Å²) in [5.74, 6) is 0.516. The second-order valence-corrected chi connectivity index (χ2v) is 11.0. The van der Waals surface area contributed by atoms with Crippen molar-refractivity contribution in [2.45, 2.75) is 51.6 Å². The first-order chi connectivity index (χ1) is 18.3. The smallest absolute Gasteiger partial charge is 0.261 e. The molecule has 1 aliphatic rings. The van der Waals surface area contributed by atoms with Crippen LogP contribution in [-0.4, -0.2) is 38.4 Å². The molecule has 2 N–H and O–H groups in total. The highest BCUT2D eigenvalue weighted by molar-refractivity contribution is 5.94. The van der Waals surface area contributed by atoms with Crippen LogP contribution in [0.1, 0.15) is 61.3 Å². The Kier molecular flexibility index (Phi) is 7.13. The van der Waals surface area contributed by atoms with Gasteiger partial charge < -0.3 is 10.6 Å². The second kappa shape index (κ2) is 10.5. The van der Waals surface area contributed by atoms with Gasteiger partial charge in [-0.2, -0.15) is 0 Å². The van der Waals surface area contributed by atoms with E-state index in [1.807, 2.05) is 65.6 Å². The van der Waals surface area contributed by atoms with Crippen molar-refractivity contribution in [3.05, 3.63) is 106 Å². The zero-order valence-corrected chi connectivity index (χ0v) is 22.1. The van der Waals surface area contributed by atoms with Gasteiger partial charge >= 0.3 is 0 Å². The standard InChI is InChI=1S/C31H35N5O2/c1-30(2)14-16-31(17-15-30,36(20-18-32)27(37)24-11-7-4-8-12-24)29-34-26-21-33-19-13-25(26)28(38)35(29)22-23-9-5-3-6-10-23/h3-13,19,21H,14-18,20,22,32H2,1-2H3. The molecule has 196 valence electrons. The summed E-state index contributed by atoms with van der Waals surface area (Å²) in [4.78, 5) is 39.5. The fourth-order valence-corrected chi connectivity index (χ4v) is 5.67. The molecule has 1 aliphatic carbocycles. The molecule has 0 spiro atoms. The minimum absolute atomic E-state index is 0.0949. The lowest BCUT2D eigenvalue weighted by Gasteiger charge is -2.50. The number of pyridine rings is 1. The topological polar surface area (TPSA) is 94.1 Å². The highest BCUT2D eigenvalue weighted by Gasteiger charge is 2.48. The summed E-state index contributed by atoms with van der Waals surface area (Å²) in [5, 5.41) is 0.519. The van der Waals surface area contributed by atoms with Crippen LogP contribution in [0.4, 0.5) is 0 Å². The summed E-state index contributed by atoms with van der Waals surface area (Å²) >= 11 is 0. The predicted octanol–water partition coefficient (Wildman–Crippen LogP) is 4.74. The van der Waals surface area contributed by atoms with Crippen molar-refractivity contribution in [1.82, 2.24) is 19.4 Å². The molecule has 0 saturated heterocycles. The Morgan fingerprint density at radius 1 is 0.974 bits per heavy atom. The van der Waals surface area contributed by atoms with E-state index in [4.69, 9.17) is 10.7 Å². The van der Waals surface area contributed by atoms with Crippen molar-refractivity contribution in [2.24, 2.45) is 11.1 Å². The van der Waals surface area contributed by atoms with E-state index in [1.165, 1.54) is 0 Å². The van der Waals surface area contributed by atoms with Crippen molar-refractivity contribution >= 4 is 16.8 Å². The summed E-state index contributed by atoms with van der Waals surface area (Å²) in [6, 6.07) is 21.0. The number of amides is 1. The third kappa shape index (κ3) is 4.86. The van der Waals surface area contributed by atoms with Crippen molar-refractivity contribution in [1.29, 1.82) is 0 Å². The van der Waals surface area contributed by atoms with Gasteiger partial charge in [-0.15, -0.1) is 0 Å². The molecular formula is C31H35N5O2. The molecule has 0 bridgehead atoms. The number of nitrogens with zero attached hydrogens (tertiary/aromatic N) is 4. The van der Waals surface area contributed by atoms with E-state index in [-0.39, 0.29) is 16.9 Å². The van der Waals surface area contributed by atoms with Crippen LogP contribution >= 0.6 is 0 Å². The van der Waals surface area contributed by atoms with Crippen molar-refractivity contribution < 1.29 is 4.79 Å². The molecule has 7 heteroatoms. The van der Waals surface area contributed by atoms with Gasteiger partial charge in [0.1, 0.15) is 11.4 Å². The van der Waals surface area contributed by atoms with Gasteiger partial charge in [-0.05, 0) is 54.9 Å². The normalized spacial score (nSPS) is 16.3. The van der Waals surface area contributed by atoms with Gasteiger partial charge in [0, 0.05) is 24.8 Å². The van der Waals surface area contributed by atoms with Gasteiger partial charge in [0.25, 0.3) is 11.5 Å². The minimum atomic E-state index is -0.792. The van der Waals surface area contributed by atoms with Crippen LogP contribution in [0.2, 0.25) is 0 Å². The molecule has 2 heterocycles. The summed E-state index contributed by atoms with van der Waals surface area (Å²) in [5.41, 5.74) is 7.48. The van der Waals surface area contributed by atoms with Crippen LogP contribution in [0.15, 0.2) is 83.9 Å². The Balaban J connectivity index is 1.77. The Bertz CT molecular complexity index is 1470. The number of carbonyl (C=O) groups excluding carboxylic acids is 1. The van der Waals surface area contributed by atoms with Crippen molar-refractivity contribution in [3.63, 3.8) is 0 Å². The van der Waals surface area contributed by atoms with Crippen molar-refractivity contribution in [3.8, 4) is 0 Å². The molecule has 1 fully saturated rings. The largest absolute Gasteiger partial charge is 0.329 e. The lowest BCUT2D eigenvalue weighted by molar-refractivity contribution is 0.00822. The molecule has 4 aromatic rings. The molecule has 1 amide bonds. The second-order valence-electron chi connectivity index (χ2n) is 11.0. The Labute approximate surface area is 223 Å². The minimum Gasteiger partial charge on any atom is -0.329 e. The van der Waals surface area contributed by atoms with Crippen LogP contribution < -0.4 is 11.3 Å². The van der Waals surface area contributed by atoms with E-state index in [2.05, 4.69) is 18.8 Å². The maximum absolute atomic E-state index is 14.1. The molecule has 0 atom stereocenters. The fraction of sp³-hybridized carbons (Fsp3) is 0.355. The molecule has 7 nitrogen and oxygen atoms in total. The van der Waals surface area contributed by atoms with Crippen LogP contribution in [0.3, 0.4) is 0 Å². The lowest BCUT2D eigenvalue weighted by atomic mass is 9.68. The van der Waals surface area contributed by atoms with E-state index in [1.54, 1.807) is 23.0 Å². The number of benzene rings is 2.